The van der Waals surface area contributed by atoms with E-state index < -0.39 is 16.0 Å². The third kappa shape index (κ3) is 3.53. The van der Waals surface area contributed by atoms with Crippen molar-refractivity contribution in [2.45, 2.75) is 18.4 Å². The molecule has 0 bridgehead atoms. The molecule has 0 aromatic heterocycles. The van der Waals surface area contributed by atoms with Crippen LogP contribution in [0.3, 0.4) is 0 Å². The van der Waals surface area contributed by atoms with Crippen molar-refractivity contribution < 1.29 is 17.9 Å². The van der Waals surface area contributed by atoms with Crippen LogP contribution in [0.2, 0.25) is 5.02 Å². The fourth-order valence-corrected chi connectivity index (χ4v) is 5.29. The predicted molar refractivity (Wildman–Crippen MR) is 107 cm³/mol. The number of nitrogens with zero attached hydrogens (tertiary/aromatic N) is 2. The topological polar surface area (TPSA) is 87.5 Å². The first kappa shape index (κ1) is 20.4. The number of carbonyl (C=O) groups excluding carboxylic acids is 1. The Bertz CT molecular complexity index is 1140. The average Bonchev–Trinajstić information content (AvgIpc) is 2.86. The van der Waals surface area contributed by atoms with Gasteiger partial charge in [-0.2, -0.15) is 5.26 Å². The van der Waals surface area contributed by atoms with Crippen molar-refractivity contribution in [2.24, 2.45) is 0 Å². The fourth-order valence-electron chi connectivity index (χ4n) is 2.89. The second kappa shape index (κ2) is 7.95. The molecule has 2 aromatic carbocycles. The Hall–Kier alpha value is -2.34. The molecule has 144 valence electrons. The van der Waals surface area contributed by atoms with E-state index in [2.05, 4.69) is 15.9 Å². The first-order valence-electron chi connectivity index (χ1n) is 8.18. The minimum Gasteiger partial charge on any atom is -0.462 e. The SMILES string of the molecule is CCOC(=O)/C(C#N)=C1/c2ccccc2S(=O)(=O)N1Cc1ccc(Br)cc1Cl. The summed E-state index contributed by atoms with van der Waals surface area (Å²) in [6.07, 6.45) is 0. The summed E-state index contributed by atoms with van der Waals surface area (Å²) in [5.74, 6) is -0.876. The van der Waals surface area contributed by atoms with Crippen LogP contribution < -0.4 is 0 Å². The molecule has 0 unspecified atom stereocenters. The Labute approximate surface area is 176 Å². The fraction of sp³-hybridized carbons (Fsp3) is 0.158. The van der Waals surface area contributed by atoms with Crippen LogP contribution in [0.4, 0.5) is 0 Å². The Morgan fingerprint density at radius 3 is 2.64 bits per heavy atom. The largest absolute Gasteiger partial charge is 0.462 e. The Balaban J connectivity index is 2.24. The standard InChI is InChI=1S/C19H14BrClN2O4S/c1-2-27-19(24)15(10-22)18-14-5-3-4-6-17(14)28(25,26)23(18)11-12-7-8-13(20)9-16(12)21/h3-9H,2,11H2,1H3/b18-15-. The van der Waals surface area contributed by atoms with Gasteiger partial charge >= 0.3 is 5.97 Å². The monoisotopic (exact) mass is 480 g/mol. The minimum atomic E-state index is -3.98. The van der Waals surface area contributed by atoms with Crippen molar-refractivity contribution in [3.8, 4) is 6.07 Å². The highest BCUT2D eigenvalue weighted by Crippen LogP contribution is 2.42. The zero-order valence-electron chi connectivity index (χ0n) is 14.6. The lowest BCUT2D eigenvalue weighted by atomic mass is 10.1. The van der Waals surface area contributed by atoms with Gasteiger partial charge in [0.15, 0.2) is 5.57 Å². The van der Waals surface area contributed by atoms with Gasteiger partial charge in [-0.15, -0.1) is 0 Å². The van der Waals surface area contributed by atoms with E-state index in [1.807, 2.05) is 0 Å². The summed E-state index contributed by atoms with van der Waals surface area (Å²) in [6.45, 7) is 1.53. The van der Waals surface area contributed by atoms with E-state index in [9.17, 15) is 18.5 Å². The maximum absolute atomic E-state index is 13.2. The van der Waals surface area contributed by atoms with E-state index in [0.29, 0.717) is 10.6 Å². The summed E-state index contributed by atoms with van der Waals surface area (Å²) >= 11 is 9.57. The number of esters is 1. The number of benzene rings is 2. The van der Waals surface area contributed by atoms with Gasteiger partial charge in [-0.3, -0.25) is 4.31 Å². The maximum Gasteiger partial charge on any atom is 0.351 e. The summed E-state index contributed by atoms with van der Waals surface area (Å²) in [6, 6.07) is 13.1. The normalized spacial score (nSPS) is 16.3. The third-order valence-electron chi connectivity index (χ3n) is 4.12. The highest BCUT2D eigenvalue weighted by molar-refractivity contribution is 9.10. The van der Waals surface area contributed by atoms with Crippen LogP contribution in [0.5, 0.6) is 0 Å². The van der Waals surface area contributed by atoms with Crippen molar-refractivity contribution >= 4 is 49.2 Å². The van der Waals surface area contributed by atoms with Crippen molar-refractivity contribution in [3.05, 3.63) is 68.7 Å². The molecule has 1 heterocycles. The number of nitriles is 1. The number of ether oxygens (including phenoxy) is 1. The van der Waals surface area contributed by atoms with Gasteiger partial charge in [-0.1, -0.05) is 51.8 Å². The molecular formula is C19H14BrClN2O4S. The molecule has 3 rings (SSSR count). The summed E-state index contributed by atoms with van der Waals surface area (Å²) in [5, 5.41) is 9.95. The number of hydrogen-bond acceptors (Lipinski definition) is 5. The molecule has 2 aromatic rings. The van der Waals surface area contributed by atoms with Crippen molar-refractivity contribution in [1.82, 2.24) is 4.31 Å². The quantitative estimate of drug-likeness (QED) is 0.373. The second-order valence-corrected chi connectivity index (χ2v) is 8.95. The first-order valence-corrected chi connectivity index (χ1v) is 10.8. The third-order valence-corrected chi connectivity index (χ3v) is 6.77. The minimum absolute atomic E-state index is 0.00413. The zero-order chi connectivity index (χ0) is 20.5. The highest BCUT2D eigenvalue weighted by Gasteiger charge is 2.41. The lowest BCUT2D eigenvalue weighted by Gasteiger charge is -2.21. The number of fused-ring (bicyclic) bond motifs is 1. The Morgan fingerprint density at radius 2 is 2.00 bits per heavy atom. The smallest absolute Gasteiger partial charge is 0.351 e. The average molecular weight is 482 g/mol. The molecule has 0 saturated carbocycles. The number of sulfonamides is 1. The van der Waals surface area contributed by atoms with E-state index in [1.54, 1.807) is 49.4 Å². The number of carbonyl (C=O) groups is 1. The van der Waals surface area contributed by atoms with Crippen molar-refractivity contribution in [3.63, 3.8) is 0 Å². The van der Waals surface area contributed by atoms with Gasteiger partial charge in [0.1, 0.15) is 6.07 Å². The number of halogens is 2. The van der Waals surface area contributed by atoms with Crippen LogP contribution in [-0.4, -0.2) is 25.3 Å². The molecule has 6 nitrogen and oxygen atoms in total. The highest BCUT2D eigenvalue weighted by atomic mass is 79.9. The van der Waals surface area contributed by atoms with Crippen LogP contribution in [0.25, 0.3) is 5.70 Å². The van der Waals surface area contributed by atoms with Gasteiger partial charge in [0.25, 0.3) is 10.0 Å². The summed E-state index contributed by atoms with van der Waals surface area (Å²) in [5.41, 5.74) is 0.430. The van der Waals surface area contributed by atoms with Crippen LogP contribution in [0, 0.1) is 11.3 Å². The molecule has 1 aliphatic rings. The van der Waals surface area contributed by atoms with Gasteiger partial charge in [0, 0.05) is 15.1 Å². The Morgan fingerprint density at radius 1 is 1.29 bits per heavy atom. The number of hydrogen-bond donors (Lipinski definition) is 0. The zero-order valence-corrected chi connectivity index (χ0v) is 17.8. The van der Waals surface area contributed by atoms with E-state index in [1.165, 1.54) is 6.07 Å². The summed E-state index contributed by atoms with van der Waals surface area (Å²) in [7, 11) is -3.98. The summed E-state index contributed by atoms with van der Waals surface area (Å²) in [4.78, 5) is 12.4. The van der Waals surface area contributed by atoms with Crippen LogP contribution >= 0.6 is 27.5 Å². The lowest BCUT2D eigenvalue weighted by molar-refractivity contribution is -0.137. The molecule has 0 N–H and O–H groups in total. The predicted octanol–water partition coefficient (Wildman–Crippen LogP) is 4.10. The molecule has 0 aliphatic carbocycles. The molecule has 0 spiro atoms. The van der Waals surface area contributed by atoms with Gasteiger partial charge in [0.05, 0.1) is 23.7 Å². The Kier molecular flexibility index (Phi) is 5.79. The molecule has 1 aliphatic heterocycles. The molecule has 28 heavy (non-hydrogen) atoms. The van der Waals surface area contributed by atoms with Crippen LogP contribution in [0.1, 0.15) is 18.1 Å². The molecule has 0 atom stereocenters. The molecule has 0 amide bonds. The van der Waals surface area contributed by atoms with E-state index in [0.717, 1.165) is 8.78 Å². The second-order valence-electron chi connectivity index (χ2n) is 5.80. The molecule has 0 saturated heterocycles. The molecular weight excluding hydrogens is 468 g/mol. The lowest BCUT2D eigenvalue weighted by Crippen LogP contribution is -2.25. The van der Waals surface area contributed by atoms with Gasteiger partial charge in [-0.25, -0.2) is 13.2 Å². The van der Waals surface area contributed by atoms with Crippen molar-refractivity contribution in [1.29, 1.82) is 5.26 Å². The first-order chi connectivity index (χ1) is 13.3. The molecule has 0 radical (unpaired) electrons. The van der Waals surface area contributed by atoms with Crippen LogP contribution in [0.15, 0.2) is 57.4 Å². The van der Waals surface area contributed by atoms with E-state index in [4.69, 9.17) is 16.3 Å². The van der Waals surface area contributed by atoms with Crippen molar-refractivity contribution in [2.75, 3.05) is 6.61 Å². The molecule has 9 heteroatoms. The van der Waals surface area contributed by atoms with Gasteiger partial charge in [0.2, 0.25) is 0 Å². The summed E-state index contributed by atoms with van der Waals surface area (Å²) < 4.78 is 33.0. The number of rotatable bonds is 4. The van der Waals surface area contributed by atoms with E-state index in [-0.39, 0.29) is 34.9 Å². The maximum atomic E-state index is 13.2. The molecule has 0 fully saturated rings. The van der Waals surface area contributed by atoms with Gasteiger partial charge < -0.3 is 4.74 Å². The van der Waals surface area contributed by atoms with E-state index >= 15 is 0 Å². The van der Waals surface area contributed by atoms with Gasteiger partial charge in [-0.05, 0) is 30.7 Å². The van der Waals surface area contributed by atoms with Crippen LogP contribution in [-0.2, 0) is 26.1 Å².